The van der Waals surface area contributed by atoms with Gasteiger partial charge in [0.25, 0.3) is 5.91 Å². The second-order valence-electron chi connectivity index (χ2n) is 9.35. The van der Waals surface area contributed by atoms with Crippen molar-refractivity contribution in [2.24, 2.45) is 4.99 Å². The molecule has 0 bridgehead atoms. The standard InChI is InChI=1S/C31H30N2O6/c1-37-26-16-15-23-19-33(25(31(35)36)18-24(23)29(26)38-20-21-10-4-2-5-11-21)30(34)28(22-12-6-3-7-13-22)39-27-14-8-9-17-32-27/h2-8,10-16,25,28H,9,17-20H2,1H3,(H,35,36)/t25-,28+/m0/s1. The van der Waals surface area contributed by atoms with Gasteiger partial charge in [-0.3, -0.25) is 9.79 Å². The van der Waals surface area contributed by atoms with Gasteiger partial charge in [-0.2, -0.15) is 0 Å². The average molecular weight is 527 g/mol. The molecule has 0 fully saturated rings. The minimum Gasteiger partial charge on any atom is -0.493 e. The fourth-order valence-corrected chi connectivity index (χ4v) is 4.84. The maximum absolute atomic E-state index is 14.0. The topological polar surface area (TPSA) is 97.7 Å². The number of hydrogen-bond donors (Lipinski definition) is 1. The summed E-state index contributed by atoms with van der Waals surface area (Å²) in [6.45, 7) is 0.962. The number of methoxy groups -OCH3 is 1. The molecule has 0 aliphatic carbocycles. The van der Waals surface area contributed by atoms with Crippen LogP contribution >= 0.6 is 0 Å². The molecule has 2 aliphatic heterocycles. The van der Waals surface area contributed by atoms with Gasteiger partial charge >= 0.3 is 5.97 Å². The number of carbonyl (C=O) groups excluding carboxylic acids is 1. The fourth-order valence-electron chi connectivity index (χ4n) is 4.84. The first kappa shape index (κ1) is 26.0. The zero-order valence-corrected chi connectivity index (χ0v) is 21.7. The third-order valence-electron chi connectivity index (χ3n) is 6.84. The minimum atomic E-state index is -1.12. The first-order chi connectivity index (χ1) is 19.0. The van der Waals surface area contributed by atoms with Gasteiger partial charge in [-0.15, -0.1) is 0 Å². The SMILES string of the molecule is COc1ccc2c(c1OCc1ccccc1)C[C@@H](C(=O)O)N(C(=O)[C@H](OC1=NCCC=C1)c1ccccc1)C2. The number of rotatable bonds is 8. The molecule has 1 amide bonds. The summed E-state index contributed by atoms with van der Waals surface area (Å²) in [6.07, 6.45) is 3.52. The monoisotopic (exact) mass is 526 g/mol. The Morgan fingerprint density at radius 2 is 1.79 bits per heavy atom. The van der Waals surface area contributed by atoms with E-state index in [1.54, 1.807) is 31.4 Å². The van der Waals surface area contributed by atoms with Crippen LogP contribution in [-0.4, -0.2) is 47.5 Å². The third kappa shape index (κ3) is 5.80. The first-order valence-corrected chi connectivity index (χ1v) is 12.9. The van der Waals surface area contributed by atoms with Crippen molar-refractivity contribution in [2.75, 3.05) is 13.7 Å². The molecule has 2 atom stereocenters. The molecule has 0 spiro atoms. The van der Waals surface area contributed by atoms with E-state index < -0.39 is 24.0 Å². The molecule has 3 aromatic carbocycles. The summed E-state index contributed by atoms with van der Waals surface area (Å²) in [4.78, 5) is 32.3. The Morgan fingerprint density at radius 1 is 1.05 bits per heavy atom. The van der Waals surface area contributed by atoms with Crippen LogP contribution in [0.2, 0.25) is 0 Å². The van der Waals surface area contributed by atoms with Crippen LogP contribution in [0, 0.1) is 0 Å². The van der Waals surface area contributed by atoms with Crippen LogP contribution in [0.15, 0.2) is 89.9 Å². The minimum absolute atomic E-state index is 0.0695. The lowest BCUT2D eigenvalue weighted by molar-refractivity contribution is -0.155. The summed E-state index contributed by atoms with van der Waals surface area (Å²) in [5.74, 6) is -0.180. The summed E-state index contributed by atoms with van der Waals surface area (Å²) < 4.78 is 17.8. The van der Waals surface area contributed by atoms with Crippen molar-refractivity contribution in [1.29, 1.82) is 0 Å². The molecule has 0 unspecified atom stereocenters. The molecular formula is C31H30N2O6. The Labute approximate surface area is 227 Å². The van der Waals surface area contributed by atoms with Crippen LogP contribution in [-0.2, 0) is 33.9 Å². The number of nitrogens with zero attached hydrogens (tertiary/aromatic N) is 2. The first-order valence-electron chi connectivity index (χ1n) is 12.9. The highest BCUT2D eigenvalue weighted by Gasteiger charge is 2.40. The molecular weight excluding hydrogens is 496 g/mol. The molecule has 0 aromatic heterocycles. The van der Waals surface area contributed by atoms with E-state index in [1.165, 1.54) is 4.90 Å². The molecule has 0 radical (unpaired) electrons. The van der Waals surface area contributed by atoms with Crippen LogP contribution in [0.25, 0.3) is 0 Å². The van der Waals surface area contributed by atoms with E-state index in [2.05, 4.69) is 4.99 Å². The van der Waals surface area contributed by atoms with Crippen LogP contribution in [0.3, 0.4) is 0 Å². The van der Waals surface area contributed by atoms with Crippen molar-refractivity contribution in [2.45, 2.75) is 38.1 Å². The van der Waals surface area contributed by atoms with E-state index in [0.29, 0.717) is 36.1 Å². The highest BCUT2D eigenvalue weighted by atomic mass is 16.5. The highest BCUT2D eigenvalue weighted by Crippen LogP contribution is 2.39. The Bertz CT molecular complexity index is 1390. The Kier molecular flexibility index (Phi) is 7.91. The number of carboxylic acid groups (broad SMARTS) is 1. The lowest BCUT2D eigenvalue weighted by Gasteiger charge is -2.37. The molecule has 8 heteroatoms. The van der Waals surface area contributed by atoms with E-state index in [9.17, 15) is 14.7 Å². The Balaban J connectivity index is 1.47. The van der Waals surface area contributed by atoms with Gasteiger partial charge in [0, 0.05) is 30.6 Å². The Morgan fingerprint density at radius 3 is 2.46 bits per heavy atom. The van der Waals surface area contributed by atoms with Gasteiger partial charge in [0.15, 0.2) is 11.5 Å². The number of carboxylic acids is 1. The summed E-state index contributed by atoms with van der Waals surface area (Å²) in [5.41, 5.74) is 3.12. The van der Waals surface area contributed by atoms with Gasteiger partial charge in [-0.05, 0) is 29.7 Å². The number of dihydropyridines is 1. The van der Waals surface area contributed by atoms with Gasteiger partial charge in [0.1, 0.15) is 12.6 Å². The van der Waals surface area contributed by atoms with Crippen molar-refractivity contribution in [3.05, 3.63) is 107 Å². The molecule has 200 valence electrons. The zero-order valence-electron chi connectivity index (χ0n) is 21.7. The zero-order chi connectivity index (χ0) is 27.2. The number of aliphatic carboxylic acids is 1. The van der Waals surface area contributed by atoms with Gasteiger partial charge in [-0.25, -0.2) is 4.79 Å². The van der Waals surface area contributed by atoms with Crippen molar-refractivity contribution in [3.63, 3.8) is 0 Å². The van der Waals surface area contributed by atoms with Crippen molar-refractivity contribution >= 4 is 17.8 Å². The number of amides is 1. The van der Waals surface area contributed by atoms with Crippen LogP contribution < -0.4 is 9.47 Å². The lowest BCUT2D eigenvalue weighted by atomic mass is 9.91. The van der Waals surface area contributed by atoms with Crippen LogP contribution in [0.5, 0.6) is 11.5 Å². The van der Waals surface area contributed by atoms with Gasteiger partial charge in [0.05, 0.1) is 7.11 Å². The smallest absolute Gasteiger partial charge is 0.326 e. The van der Waals surface area contributed by atoms with E-state index in [-0.39, 0.29) is 13.0 Å². The number of aliphatic imine (C=N–C) groups is 1. The number of ether oxygens (including phenoxy) is 3. The molecule has 0 saturated carbocycles. The predicted octanol–water partition coefficient (Wildman–Crippen LogP) is 4.73. The van der Waals surface area contributed by atoms with Gasteiger partial charge in [-0.1, -0.05) is 72.8 Å². The van der Waals surface area contributed by atoms with E-state index in [4.69, 9.17) is 14.2 Å². The molecule has 2 heterocycles. The molecule has 8 nitrogen and oxygen atoms in total. The maximum atomic E-state index is 14.0. The molecule has 2 aliphatic rings. The van der Waals surface area contributed by atoms with Gasteiger partial charge < -0.3 is 24.2 Å². The summed E-state index contributed by atoms with van der Waals surface area (Å²) in [6, 6.07) is 21.3. The lowest BCUT2D eigenvalue weighted by Crippen LogP contribution is -2.50. The summed E-state index contributed by atoms with van der Waals surface area (Å²) in [5, 5.41) is 10.2. The van der Waals surface area contributed by atoms with E-state index in [1.807, 2.05) is 60.7 Å². The number of carbonyl (C=O) groups is 2. The second-order valence-corrected chi connectivity index (χ2v) is 9.35. The summed E-state index contributed by atoms with van der Waals surface area (Å²) in [7, 11) is 1.55. The van der Waals surface area contributed by atoms with Gasteiger partial charge in [0.2, 0.25) is 12.0 Å². The molecule has 5 rings (SSSR count). The van der Waals surface area contributed by atoms with E-state index >= 15 is 0 Å². The number of hydrogen-bond acceptors (Lipinski definition) is 6. The maximum Gasteiger partial charge on any atom is 0.326 e. The predicted molar refractivity (Wildman–Crippen MR) is 146 cm³/mol. The number of fused-ring (bicyclic) bond motifs is 1. The van der Waals surface area contributed by atoms with E-state index in [0.717, 1.165) is 23.1 Å². The van der Waals surface area contributed by atoms with Crippen molar-refractivity contribution in [1.82, 2.24) is 4.90 Å². The second kappa shape index (κ2) is 11.9. The highest BCUT2D eigenvalue weighted by molar-refractivity contribution is 5.93. The molecule has 3 aromatic rings. The van der Waals surface area contributed by atoms with Crippen molar-refractivity contribution < 1.29 is 28.9 Å². The summed E-state index contributed by atoms with van der Waals surface area (Å²) >= 11 is 0. The Hall–Kier alpha value is -4.59. The van der Waals surface area contributed by atoms with Crippen molar-refractivity contribution in [3.8, 4) is 11.5 Å². The van der Waals surface area contributed by atoms with Crippen LogP contribution in [0.1, 0.15) is 34.8 Å². The average Bonchev–Trinajstić information content (AvgIpc) is 2.99. The molecule has 1 N–H and O–H groups in total. The molecule has 0 saturated heterocycles. The molecule has 39 heavy (non-hydrogen) atoms. The normalized spacial score (nSPS) is 17.0. The quantitative estimate of drug-likeness (QED) is 0.456. The van der Waals surface area contributed by atoms with Crippen LogP contribution in [0.4, 0.5) is 0 Å². The fraction of sp³-hybridized carbons (Fsp3) is 0.258. The third-order valence-corrected chi connectivity index (χ3v) is 6.84. The largest absolute Gasteiger partial charge is 0.493 e. The number of benzene rings is 3.